The molecule has 0 spiro atoms. The molecule has 4 rings (SSSR count). The van der Waals surface area contributed by atoms with Gasteiger partial charge in [-0.15, -0.1) is 0 Å². The Morgan fingerprint density at radius 1 is 1.18 bits per heavy atom. The first-order chi connectivity index (χ1) is 16.2. The number of carbonyl (C=O) groups excluding carboxylic acids is 1. The number of urea groups is 1. The molecule has 1 aromatic carbocycles. The number of aromatic nitrogens is 2. The normalized spacial score (nSPS) is 22.1. The van der Waals surface area contributed by atoms with Crippen molar-refractivity contribution in [2.45, 2.75) is 37.8 Å². The van der Waals surface area contributed by atoms with Crippen LogP contribution in [0.15, 0.2) is 28.8 Å². The molecule has 2 saturated heterocycles. The summed E-state index contributed by atoms with van der Waals surface area (Å²) in [5.74, 6) is 0.893. The van der Waals surface area contributed by atoms with E-state index in [4.69, 9.17) is 9.26 Å². The van der Waals surface area contributed by atoms with E-state index in [1.165, 1.54) is 12.1 Å². The lowest BCUT2D eigenvalue weighted by atomic mass is 9.84. The van der Waals surface area contributed by atoms with Crippen LogP contribution < -0.4 is 4.74 Å². The quantitative estimate of drug-likeness (QED) is 0.585. The molecule has 2 aromatic rings. The first-order valence-corrected chi connectivity index (χ1v) is 12.7. The van der Waals surface area contributed by atoms with E-state index in [9.17, 15) is 22.5 Å². The molecule has 2 amide bonds. The Morgan fingerprint density at radius 3 is 2.50 bits per heavy atom. The molecule has 0 saturated carbocycles. The van der Waals surface area contributed by atoms with Crippen molar-refractivity contribution in [2.24, 2.45) is 0 Å². The Kier molecular flexibility index (Phi) is 7.56. The molecule has 2 atom stereocenters. The minimum absolute atomic E-state index is 0.121. The van der Waals surface area contributed by atoms with Crippen molar-refractivity contribution in [3.63, 3.8) is 0 Å². The van der Waals surface area contributed by atoms with Crippen LogP contribution in [-0.4, -0.2) is 81.0 Å². The van der Waals surface area contributed by atoms with Crippen molar-refractivity contribution >= 4 is 17.2 Å². The number of carbonyl (C=O) groups is 1. The van der Waals surface area contributed by atoms with Gasteiger partial charge >= 0.3 is 18.2 Å². The van der Waals surface area contributed by atoms with Crippen LogP contribution >= 0.6 is 0 Å². The molecule has 1 aromatic heterocycles. The van der Waals surface area contributed by atoms with Crippen LogP contribution in [0.3, 0.4) is 0 Å². The number of amides is 2. The van der Waals surface area contributed by atoms with E-state index in [1.54, 1.807) is 28.9 Å². The van der Waals surface area contributed by atoms with Gasteiger partial charge in [-0.05, 0) is 29.6 Å². The van der Waals surface area contributed by atoms with Gasteiger partial charge < -0.3 is 23.6 Å². The van der Waals surface area contributed by atoms with Crippen LogP contribution in [-0.2, 0) is 17.6 Å². The molecule has 0 N–H and O–H groups in total. The Labute approximate surface area is 198 Å². The third-order valence-corrected chi connectivity index (χ3v) is 7.35. The number of nitrogens with zero attached hydrogens (tertiary/aromatic N) is 4. The van der Waals surface area contributed by atoms with Gasteiger partial charge in [0.2, 0.25) is 5.89 Å². The summed E-state index contributed by atoms with van der Waals surface area (Å²) in [7, 11) is 0. The number of likely N-dealkylation sites (tertiary alicyclic amines) is 1. The van der Waals surface area contributed by atoms with Gasteiger partial charge in [-0.2, -0.15) is 18.2 Å². The summed E-state index contributed by atoms with van der Waals surface area (Å²) in [5, 5.41) is 3.83. The minimum Gasteiger partial charge on any atom is -0.616 e. The predicted octanol–water partition coefficient (Wildman–Crippen LogP) is 3.33. The van der Waals surface area contributed by atoms with Crippen molar-refractivity contribution in [3.05, 3.63) is 41.3 Å². The second-order valence-corrected chi connectivity index (χ2v) is 10.2. The monoisotopic (exact) mass is 500 g/mol. The summed E-state index contributed by atoms with van der Waals surface area (Å²) in [6.07, 6.45) is -4.65. The highest BCUT2D eigenvalue weighted by atomic mass is 32.2. The molecular formula is C22H27F3N4O4S. The molecule has 8 nitrogen and oxygen atoms in total. The summed E-state index contributed by atoms with van der Waals surface area (Å²) in [5.41, 5.74) is 1.04. The molecular weight excluding hydrogens is 473 g/mol. The molecule has 186 valence electrons. The average molecular weight is 501 g/mol. The van der Waals surface area contributed by atoms with Crippen LogP contribution in [0, 0.1) is 0 Å². The van der Waals surface area contributed by atoms with Crippen molar-refractivity contribution < 1.29 is 31.8 Å². The molecule has 2 fully saturated rings. The number of piperidine rings is 1. The largest absolute Gasteiger partial charge is 0.616 e. The van der Waals surface area contributed by atoms with E-state index in [0.717, 1.165) is 5.56 Å². The number of hydrogen-bond donors (Lipinski definition) is 0. The van der Waals surface area contributed by atoms with E-state index < -0.39 is 23.8 Å². The predicted molar refractivity (Wildman–Crippen MR) is 118 cm³/mol. The standard InChI is InChI=1S/C22H27F3N4O4S/c1-2-32-20-26-19(33-27-20)18-11-17(16-5-3-15(4-6-16)12-22(23,24)25)13-29(14-18)21(30)28-7-9-34(31)10-8-28/h3-6,17-18H,2,7-14H2,1H3. The number of halogens is 3. The summed E-state index contributed by atoms with van der Waals surface area (Å²) in [6.45, 7) is 3.84. The Balaban J connectivity index is 1.54. The van der Waals surface area contributed by atoms with E-state index in [1.807, 2.05) is 0 Å². The molecule has 2 aliphatic heterocycles. The fourth-order valence-electron chi connectivity index (χ4n) is 4.42. The molecule has 2 aliphatic rings. The topological polar surface area (TPSA) is 94.8 Å². The first kappa shape index (κ1) is 24.6. The van der Waals surface area contributed by atoms with Gasteiger partial charge in [0.25, 0.3) is 0 Å². The summed E-state index contributed by atoms with van der Waals surface area (Å²) >= 11 is -0.905. The van der Waals surface area contributed by atoms with Crippen molar-refractivity contribution in [3.8, 4) is 6.01 Å². The van der Waals surface area contributed by atoms with Gasteiger partial charge in [0.05, 0.1) is 32.0 Å². The Bertz CT molecular complexity index is 964. The number of alkyl halides is 3. The lowest BCUT2D eigenvalue weighted by molar-refractivity contribution is -0.127. The highest BCUT2D eigenvalue weighted by molar-refractivity contribution is 7.91. The Morgan fingerprint density at radius 2 is 1.85 bits per heavy atom. The molecule has 2 unspecified atom stereocenters. The van der Waals surface area contributed by atoms with E-state index >= 15 is 0 Å². The SMILES string of the molecule is CCOc1noc(C2CC(c3ccc(CC(F)(F)F)cc3)CN(C(=O)N3CC[S+]([O-])CC3)C2)n1. The van der Waals surface area contributed by atoms with Crippen LogP contribution in [0.4, 0.5) is 18.0 Å². The van der Waals surface area contributed by atoms with Crippen LogP contribution in [0.5, 0.6) is 6.01 Å². The van der Waals surface area contributed by atoms with Gasteiger partial charge in [0.15, 0.2) is 0 Å². The third kappa shape index (κ3) is 6.15. The molecule has 0 aliphatic carbocycles. The second-order valence-electron chi connectivity index (χ2n) is 8.53. The fraction of sp³-hybridized carbons (Fsp3) is 0.591. The van der Waals surface area contributed by atoms with E-state index in [0.29, 0.717) is 56.6 Å². The molecule has 34 heavy (non-hydrogen) atoms. The maximum absolute atomic E-state index is 13.3. The molecule has 3 heterocycles. The number of ether oxygens (including phenoxy) is 1. The number of hydrogen-bond acceptors (Lipinski definition) is 6. The van der Waals surface area contributed by atoms with Gasteiger partial charge in [-0.25, -0.2) is 4.79 Å². The zero-order valence-corrected chi connectivity index (χ0v) is 19.6. The fourth-order valence-corrected chi connectivity index (χ4v) is 5.47. The summed E-state index contributed by atoms with van der Waals surface area (Å²) in [6, 6.07) is 6.34. The minimum atomic E-state index is -4.27. The van der Waals surface area contributed by atoms with Crippen LogP contribution in [0.2, 0.25) is 0 Å². The van der Waals surface area contributed by atoms with Gasteiger partial charge in [-0.1, -0.05) is 35.4 Å². The summed E-state index contributed by atoms with van der Waals surface area (Å²) in [4.78, 5) is 21.0. The zero-order chi connectivity index (χ0) is 24.3. The molecule has 12 heteroatoms. The summed E-state index contributed by atoms with van der Waals surface area (Å²) < 4.78 is 60.6. The lowest BCUT2D eigenvalue weighted by Gasteiger charge is -2.40. The smallest absolute Gasteiger partial charge is 0.393 e. The highest BCUT2D eigenvalue weighted by Crippen LogP contribution is 2.36. The first-order valence-electron chi connectivity index (χ1n) is 11.2. The van der Waals surface area contributed by atoms with Crippen LogP contribution in [0.1, 0.15) is 42.2 Å². The molecule has 0 bridgehead atoms. The number of benzene rings is 1. The Hall–Kier alpha value is -2.47. The zero-order valence-electron chi connectivity index (χ0n) is 18.8. The van der Waals surface area contributed by atoms with Crippen molar-refractivity contribution in [2.75, 3.05) is 44.3 Å². The molecule has 0 radical (unpaired) electrons. The second kappa shape index (κ2) is 10.4. The van der Waals surface area contributed by atoms with Crippen molar-refractivity contribution in [1.82, 2.24) is 19.9 Å². The van der Waals surface area contributed by atoms with E-state index in [-0.39, 0.29) is 29.4 Å². The van der Waals surface area contributed by atoms with Gasteiger partial charge in [0, 0.05) is 19.0 Å². The van der Waals surface area contributed by atoms with Gasteiger partial charge in [-0.3, -0.25) is 0 Å². The third-order valence-electron chi connectivity index (χ3n) is 6.07. The number of rotatable bonds is 5. The van der Waals surface area contributed by atoms with Gasteiger partial charge in [0.1, 0.15) is 11.5 Å². The lowest BCUT2D eigenvalue weighted by Crippen LogP contribution is -2.53. The van der Waals surface area contributed by atoms with E-state index in [2.05, 4.69) is 10.1 Å². The van der Waals surface area contributed by atoms with Crippen molar-refractivity contribution in [1.29, 1.82) is 0 Å². The average Bonchev–Trinajstić information content (AvgIpc) is 3.27. The maximum atomic E-state index is 13.3. The maximum Gasteiger partial charge on any atom is 0.393 e. The van der Waals surface area contributed by atoms with Crippen LogP contribution in [0.25, 0.3) is 0 Å². The highest BCUT2D eigenvalue weighted by Gasteiger charge is 2.37.